The molecule has 2 atom stereocenters. The molecule has 2 fully saturated rings. The van der Waals surface area contributed by atoms with Crippen molar-refractivity contribution in [2.45, 2.75) is 32.1 Å². The number of aromatic nitrogens is 1. The Hall–Kier alpha value is -3.74. The standard InChI is InChI=1S/C28H28N2O5/c1-29-22-14-8-7-13-21(22)25(26(29)18-9-3-2-4-10-18)23(31)17-35-24(32)15-16-30-27(33)19-11-5-6-12-20(19)28(30)34/h2-4,7-10,13-14,19-20H,5-6,11-12,15-17H2,1H3/t19-,20-/m1/s1. The number of likely N-dealkylation sites (tertiary alicyclic amines) is 1. The van der Waals surface area contributed by atoms with Crippen LogP contribution in [0.2, 0.25) is 0 Å². The summed E-state index contributed by atoms with van der Waals surface area (Å²) in [7, 11) is 1.91. The summed E-state index contributed by atoms with van der Waals surface area (Å²) in [6.07, 6.45) is 3.26. The number of hydrogen-bond acceptors (Lipinski definition) is 5. The molecular formula is C28H28N2O5. The Morgan fingerprint density at radius 1 is 0.914 bits per heavy atom. The number of hydrogen-bond donors (Lipinski definition) is 0. The van der Waals surface area contributed by atoms with Crippen LogP contribution in [-0.4, -0.2) is 46.2 Å². The summed E-state index contributed by atoms with van der Waals surface area (Å²) >= 11 is 0. The number of carbonyl (C=O) groups is 4. The van der Waals surface area contributed by atoms with Crippen molar-refractivity contribution in [3.8, 4) is 11.3 Å². The van der Waals surface area contributed by atoms with Gasteiger partial charge in [-0.2, -0.15) is 0 Å². The molecule has 180 valence electrons. The number of fused-ring (bicyclic) bond motifs is 2. The van der Waals surface area contributed by atoms with Crippen LogP contribution in [0.15, 0.2) is 54.6 Å². The molecule has 1 aliphatic heterocycles. The highest BCUT2D eigenvalue weighted by atomic mass is 16.5. The summed E-state index contributed by atoms with van der Waals surface area (Å²) in [5, 5.41) is 0.797. The zero-order valence-electron chi connectivity index (χ0n) is 19.7. The fourth-order valence-corrected chi connectivity index (χ4v) is 5.55. The van der Waals surface area contributed by atoms with Gasteiger partial charge in [0, 0.05) is 24.5 Å². The van der Waals surface area contributed by atoms with Crippen LogP contribution in [0.5, 0.6) is 0 Å². The van der Waals surface area contributed by atoms with Crippen LogP contribution < -0.4 is 0 Å². The molecule has 2 aromatic carbocycles. The SMILES string of the molecule is Cn1c(-c2ccccc2)c(C(=O)COC(=O)CCN2C(=O)[C@@H]3CCCC[C@H]3C2=O)c2ccccc21. The second-order valence-electron chi connectivity index (χ2n) is 9.33. The zero-order valence-corrected chi connectivity index (χ0v) is 19.7. The third kappa shape index (κ3) is 4.16. The largest absolute Gasteiger partial charge is 0.457 e. The first-order chi connectivity index (χ1) is 17.0. The van der Waals surface area contributed by atoms with Gasteiger partial charge in [0.2, 0.25) is 17.6 Å². The van der Waals surface area contributed by atoms with Crippen molar-refractivity contribution in [1.29, 1.82) is 0 Å². The number of imide groups is 1. The van der Waals surface area contributed by atoms with Crippen LogP contribution in [0.25, 0.3) is 22.2 Å². The van der Waals surface area contributed by atoms with Crippen molar-refractivity contribution in [2.75, 3.05) is 13.2 Å². The fraction of sp³-hybridized carbons (Fsp3) is 0.357. The number of aryl methyl sites for hydroxylation is 1. The molecular weight excluding hydrogens is 444 g/mol. The maximum absolute atomic E-state index is 13.3. The molecule has 0 radical (unpaired) electrons. The lowest BCUT2D eigenvalue weighted by Crippen LogP contribution is -2.33. The first kappa shape index (κ1) is 23.0. The summed E-state index contributed by atoms with van der Waals surface area (Å²) in [4.78, 5) is 52.2. The first-order valence-corrected chi connectivity index (χ1v) is 12.1. The van der Waals surface area contributed by atoms with Crippen molar-refractivity contribution in [1.82, 2.24) is 9.47 Å². The van der Waals surface area contributed by atoms with E-state index in [1.165, 1.54) is 4.90 Å². The van der Waals surface area contributed by atoms with Gasteiger partial charge in [-0.15, -0.1) is 0 Å². The van der Waals surface area contributed by atoms with E-state index in [0.717, 1.165) is 47.8 Å². The second-order valence-corrected chi connectivity index (χ2v) is 9.33. The molecule has 3 aromatic rings. The number of carbonyl (C=O) groups excluding carboxylic acids is 4. The van der Waals surface area contributed by atoms with E-state index in [9.17, 15) is 19.2 Å². The van der Waals surface area contributed by atoms with Crippen LogP contribution in [0.1, 0.15) is 42.5 Å². The van der Waals surface area contributed by atoms with Gasteiger partial charge in [-0.25, -0.2) is 0 Å². The number of Topliss-reactive ketones (excluding diaryl/α,β-unsaturated/α-hetero) is 1. The molecule has 35 heavy (non-hydrogen) atoms. The summed E-state index contributed by atoms with van der Waals surface area (Å²) in [6.45, 7) is -0.402. The molecule has 2 heterocycles. The first-order valence-electron chi connectivity index (χ1n) is 12.1. The van der Waals surface area contributed by atoms with Crippen molar-refractivity contribution in [2.24, 2.45) is 18.9 Å². The Kier molecular flexibility index (Phi) is 6.24. The maximum atomic E-state index is 13.3. The van der Waals surface area contributed by atoms with E-state index < -0.39 is 12.6 Å². The van der Waals surface area contributed by atoms with Crippen molar-refractivity contribution < 1.29 is 23.9 Å². The van der Waals surface area contributed by atoms with Crippen LogP contribution in [-0.2, 0) is 26.2 Å². The van der Waals surface area contributed by atoms with Crippen molar-refractivity contribution in [3.63, 3.8) is 0 Å². The normalized spacial score (nSPS) is 19.7. The van der Waals surface area contributed by atoms with Crippen LogP contribution >= 0.6 is 0 Å². The zero-order chi connectivity index (χ0) is 24.5. The molecule has 1 saturated carbocycles. The minimum absolute atomic E-state index is 0.00121. The minimum atomic E-state index is -0.602. The van der Waals surface area contributed by atoms with Gasteiger partial charge in [-0.05, 0) is 24.5 Å². The molecule has 1 saturated heterocycles. The van der Waals surface area contributed by atoms with E-state index in [1.807, 2.05) is 66.2 Å². The molecule has 0 spiro atoms. The summed E-state index contributed by atoms with van der Waals surface area (Å²) in [5.41, 5.74) is 3.08. The van der Waals surface area contributed by atoms with Crippen molar-refractivity contribution in [3.05, 3.63) is 60.2 Å². The average molecular weight is 473 g/mol. The van der Waals surface area contributed by atoms with Crippen molar-refractivity contribution >= 4 is 34.5 Å². The van der Waals surface area contributed by atoms with Gasteiger partial charge in [0.15, 0.2) is 6.61 Å². The van der Waals surface area contributed by atoms with E-state index >= 15 is 0 Å². The summed E-state index contributed by atoms with van der Waals surface area (Å²) < 4.78 is 7.29. The highest BCUT2D eigenvalue weighted by Gasteiger charge is 2.47. The van der Waals surface area contributed by atoms with Crippen LogP contribution in [0, 0.1) is 11.8 Å². The number of esters is 1. The lowest BCUT2D eigenvalue weighted by Gasteiger charge is -2.19. The number of ketones is 1. The number of rotatable bonds is 7. The van der Waals surface area contributed by atoms with E-state index in [1.54, 1.807) is 0 Å². The van der Waals surface area contributed by atoms with Gasteiger partial charge in [-0.3, -0.25) is 24.1 Å². The Labute approximate surface area is 203 Å². The Bertz CT molecular complexity index is 1290. The molecule has 5 rings (SSSR count). The number of amides is 2. The summed E-state index contributed by atoms with van der Waals surface area (Å²) in [6, 6.07) is 17.3. The molecule has 1 aliphatic carbocycles. The Morgan fingerprint density at radius 2 is 1.54 bits per heavy atom. The molecule has 7 heteroatoms. The predicted molar refractivity (Wildman–Crippen MR) is 130 cm³/mol. The van der Waals surface area contributed by atoms with E-state index in [4.69, 9.17) is 4.74 Å². The average Bonchev–Trinajstić information content (AvgIpc) is 3.32. The third-order valence-corrected chi connectivity index (χ3v) is 7.27. The topological polar surface area (TPSA) is 85.7 Å². The number of para-hydroxylation sites is 1. The van der Waals surface area contributed by atoms with Gasteiger partial charge < -0.3 is 9.30 Å². The fourth-order valence-electron chi connectivity index (χ4n) is 5.55. The van der Waals surface area contributed by atoms with Crippen LogP contribution in [0.4, 0.5) is 0 Å². The molecule has 0 N–H and O–H groups in total. The molecule has 0 bridgehead atoms. The molecule has 2 aliphatic rings. The van der Waals surface area contributed by atoms with E-state index in [0.29, 0.717) is 5.56 Å². The smallest absolute Gasteiger partial charge is 0.308 e. The highest BCUT2D eigenvalue weighted by molar-refractivity contribution is 6.14. The van der Waals surface area contributed by atoms with Gasteiger partial charge in [-0.1, -0.05) is 61.4 Å². The quantitative estimate of drug-likeness (QED) is 0.293. The van der Waals surface area contributed by atoms with E-state index in [-0.39, 0.29) is 42.4 Å². The molecule has 2 amide bonds. The highest BCUT2D eigenvalue weighted by Crippen LogP contribution is 2.38. The Balaban J connectivity index is 1.28. The monoisotopic (exact) mass is 472 g/mol. The van der Waals surface area contributed by atoms with Gasteiger partial charge >= 0.3 is 5.97 Å². The van der Waals surface area contributed by atoms with Gasteiger partial charge in [0.05, 0.1) is 29.5 Å². The molecule has 7 nitrogen and oxygen atoms in total. The summed E-state index contributed by atoms with van der Waals surface area (Å²) in [5.74, 6) is -1.73. The third-order valence-electron chi connectivity index (χ3n) is 7.27. The molecule has 0 unspecified atom stereocenters. The number of nitrogens with zero attached hydrogens (tertiary/aromatic N) is 2. The Morgan fingerprint density at radius 3 is 2.23 bits per heavy atom. The number of ether oxygens (including phenoxy) is 1. The predicted octanol–water partition coefficient (Wildman–Crippen LogP) is 4.14. The minimum Gasteiger partial charge on any atom is -0.457 e. The maximum Gasteiger partial charge on any atom is 0.308 e. The number of benzene rings is 2. The van der Waals surface area contributed by atoms with Gasteiger partial charge in [0.25, 0.3) is 0 Å². The van der Waals surface area contributed by atoms with Gasteiger partial charge in [0.1, 0.15) is 0 Å². The second kappa shape index (κ2) is 9.49. The molecule has 1 aromatic heterocycles. The van der Waals surface area contributed by atoms with Crippen LogP contribution in [0.3, 0.4) is 0 Å². The van der Waals surface area contributed by atoms with E-state index in [2.05, 4.69) is 0 Å². The lowest BCUT2D eigenvalue weighted by atomic mass is 9.81. The lowest BCUT2D eigenvalue weighted by molar-refractivity contribution is -0.145.